The first-order chi connectivity index (χ1) is 11.5. The van der Waals surface area contributed by atoms with Crippen LogP contribution in [0.15, 0.2) is 63.7 Å². The molecule has 0 aromatic heterocycles. The van der Waals surface area contributed by atoms with E-state index in [-0.39, 0.29) is 11.6 Å². The number of carbonyl (C=O) groups is 1. The van der Waals surface area contributed by atoms with Crippen molar-refractivity contribution in [1.29, 1.82) is 0 Å². The van der Waals surface area contributed by atoms with E-state index in [2.05, 4.69) is 21.0 Å². The van der Waals surface area contributed by atoms with Crippen molar-refractivity contribution in [3.05, 3.63) is 74.3 Å². The maximum absolute atomic E-state index is 12.6. The number of nitro groups is 1. The highest BCUT2D eigenvalue weighted by Crippen LogP contribution is 2.28. The number of amides is 1. The number of nitrogens with zero attached hydrogens (tertiary/aromatic N) is 3. The third-order valence-corrected chi connectivity index (χ3v) is 4.10. The first kappa shape index (κ1) is 16.1. The minimum Gasteiger partial charge on any atom is -0.267 e. The summed E-state index contributed by atoms with van der Waals surface area (Å²) in [5.74, 6) is -0.312. The number of hydrogen-bond donors (Lipinski definition) is 0. The fraction of sp³-hybridized carbons (Fsp3) is 0.0588. The second-order valence-corrected chi connectivity index (χ2v) is 6.07. The first-order valence-electron chi connectivity index (χ1n) is 7.08. The Balaban J connectivity index is 1.99. The molecule has 0 radical (unpaired) electrons. The SMILES string of the molecule is CC1=NN(c2ccc(Br)cc2)C(=O)/C1=C/c1ccccc1[N+](=O)[O-]. The van der Waals surface area contributed by atoms with Crippen LogP contribution in [0.5, 0.6) is 0 Å². The van der Waals surface area contributed by atoms with E-state index >= 15 is 0 Å². The lowest BCUT2D eigenvalue weighted by atomic mass is 10.1. The van der Waals surface area contributed by atoms with Crippen molar-refractivity contribution in [1.82, 2.24) is 0 Å². The van der Waals surface area contributed by atoms with E-state index in [9.17, 15) is 14.9 Å². The van der Waals surface area contributed by atoms with Gasteiger partial charge in [0.15, 0.2) is 0 Å². The maximum Gasteiger partial charge on any atom is 0.280 e. The minimum atomic E-state index is -0.467. The summed E-state index contributed by atoms with van der Waals surface area (Å²) in [6.45, 7) is 1.71. The molecule has 0 atom stereocenters. The number of carbonyl (C=O) groups excluding carboxylic acids is 1. The van der Waals surface area contributed by atoms with Crippen LogP contribution in [-0.4, -0.2) is 16.5 Å². The highest BCUT2D eigenvalue weighted by atomic mass is 79.9. The van der Waals surface area contributed by atoms with Gasteiger partial charge in [0.1, 0.15) is 0 Å². The quantitative estimate of drug-likeness (QED) is 0.452. The number of hydrogen-bond acceptors (Lipinski definition) is 4. The van der Waals surface area contributed by atoms with Crippen LogP contribution in [0.25, 0.3) is 6.08 Å². The monoisotopic (exact) mass is 385 g/mol. The van der Waals surface area contributed by atoms with Crippen molar-refractivity contribution in [3.63, 3.8) is 0 Å². The van der Waals surface area contributed by atoms with Gasteiger partial charge in [0.2, 0.25) is 0 Å². The fourth-order valence-electron chi connectivity index (χ4n) is 2.37. The standard InChI is InChI=1S/C17H12BrN3O3/c1-11-15(10-12-4-2-3-5-16(12)21(23)24)17(22)20(19-11)14-8-6-13(18)7-9-14/h2-10H,1H3/b15-10+. The van der Waals surface area contributed by atoms with Crippen molar-refractivity contribution in [3.8, 4) is 0 Å². The van der Waals surface area contributed by atoms with Crippen molar-refractivity contribution < 1.29 is 9.72 Å². The summed E-state index contributed by atoms with van der Waals surface area (Å²) in [6, 6.07) is 13.5. The van der Waals surface area contributed by atoms with Crippen molar-refractivity contribution >= 4 is 45.0 Å². The van der Waals surface area contributed by atoms with Gasteiger partial charge < -0.3 is 0 Å². The van der Waals surface area contributed by atoms with E-state index < -0.39 is 4.92 Å². The van der Waals surface area contributed by atoms with Crippen LogP contribution in [0.3, 0.4) is 0 Å². The molecule has 2 aromatic rings. The molecule has 0 spiro atoms. The van der Waals surface area contributed by atoms with Gasteiger partial charge in [0.25, 0.3) is 11.6 Å². The Morgan fingerprint density at radius 2 is 1.83 bits per heavy atom. The number of anilines is 1. The van der Waals surface area contributed by atoms with Gasteiger partial charge in [-0.25, -0.2) is 0 Å². The van der Waals surface area contributed by atoms with Gasteiger partial charge in [-0.05, 0) is 43.3 Å². The van der Waals surface area contributed by atoms with Gasteiger partial charge in [-0.3, -0.25) is 14.9 Å². The Hall–Kier alpha value is -2.80. The molecule has 0 fully saturated rings. The number of benzene rings is 2. The van der Waals surface area contributed by atoms with E-state index in [1.807, 2.05) is 12.1 Å². The summed E-state index contributed by atoms with van der Waals surface area (Å²) in [5.41, 5.74) is 1.81. The predicted molar refractivity (Wildman–Crippen MR) is 95.8 cm³/mol. The first-order valence-corrected chi connectivity index (χ1v) is 7.87. The Morgan fingerprint density at radius 3 is 2.50 bits per heavy atom. The van der Waals surface area contributed by atoms with Crippen molar-refractivity contribution in [2.24, 2.45) is 5.10 Å². The van der Waals surface area contributed by atoms with Gasteiger partial charge in [0, 0.05) is 10.5 Å². The summed E-state index contributed by atoms with van der Waals surface area (Å²) in [5, 5.41) is 16.7. The van der Waals surface area contributed by atoms with Crippen molar-refractivity contribution in [2.45, 2.75) is 6.92 Å². The molecular weight excluding hydrogens is 374 g/mol. The van der Waals surface area contributed by atoms with Crippen LogP contribution in [-0.2, 0) is 4.79 Å². The van der Waals surface area contributed by atoms with Gasteiger partial charge >= 0.3 is 0 Å². The molecule has 0 unspecified atom stereocenters. The lowest BCUT2D eigenvalue weighted by Gasteiger charge is -2.11. The molecular formula is C17H12BrN3O3. The average molecular weight is 386 g/mol. The number of halogens is 1. The van der Waals surface area contributed by atoms with Gasteiger partial charge in [-0.1, -0.05) is 28.1 Å². The molecule has 0 saturated carbocycles. The molecule has 24 heavy (non-hydrogen) atoms. The second-order valence-electron chi connectivity index (χ2n) is 5.15. The van der Waals surface area contributed by atoms with E-state index in [0.29, 0.717) is 22.5 Å². The molecule has 0 bridgehead atoms. The topological polar surface area (TPSA) is 75.8 Å². The van der Waals surface area contributed by atoms with E-state index in [1.54, 1.807) is 37.3 Å². The number of nitro benzene ring substituents is 1. The highest BCUT2D eigenvalue weighted by Gasteiger charge is 2.29. The van der Waals surface area contributed by atoms with Crippen LogP contribution in [0, 0.1) is 10.1 Å². The van der Waals surface area contributed by atoms with Crippen LogP contribution in [0.1, 0.15) is 12.5 Å². The maximum atomic E-state index is 12.6. The van der Waals surface area contributed by atoms with Crippen LogP contribution >= 0.6 is 15.9 Å². The highest BCUT2D eigenvalue weighted by molar-refractivity contribution is 9.10. The van der Waals surface area contributed by atoms with Crippen LogP contribution in [0.4, 0.5) is 11.4 Å². The number of hydrazone groups is 1. The van der Waals surface area contributed by atoms with E-state index in [4.69, 9.17) is 0 Å². The summed E-state index contributed by atoms with van der Waals surface area (Å²) < 4.78 is 0.897. The third-order valence-electron chi connectivity index (χ3n) is 3.57. The minimum absolute atomic E-state index is 0.0484. The normalized spacial score (nSPS) is 15.8. The lowest BCUT2D eigenvalue weighted by molar-refractivity contribution is -0.385. The summed E-state index contributed by atoms with van der Waals surface area (Å²) >= 11 is 3.34. The molecule has 3 rings (SSSR count). The summed E-state index contributed by atoms with van der Waals surface area (Å²) in [6.07, 6.45) is 1.51. The molecule has 1 aliphatic rings. The molecule has 0 aliphatic carbocycles. The molecule has 6 nitrogen and oxygen atoms in total. The van der Waals surface area contributed by atoms with Gasteiger partial charge in [-0.15, -0.1) is 0 Å². The van der Waals surface area contributed by atoms with Gasteiger partial charge in [0.05, 0.1) is 27.5 Å². The molecule has 1 amide bonds. The van der Waals surface area contributed by atoms with E-state index in [0.717, 1.165) is 4.47 Å². The molecule has 1 heterocycles. The van der Waals surface area contributed by atoms with E-state index in [1.165, 1.54) is 17.2 Å². The smallest absolute Gasteiger partial charge is 0.267 e. The average Bonchev–Trinajstić information content (AvgIpc) is 2.84. The largest absolute Gasteiger partial charge is 0.280 e. The summed E-state index contributed by atoms with van der Waals surface area (Å²) in [4.78, 5) is 23.3. The Labute approximate surface area is 146 Å². The van der Waals surface area contributed by atoms with Crippen LogP contribution < -0.4 is 5.01 Å². The Bertz CT molecular complexity index is 888. The third kappa shape index (κ3) is 2.98. The Morgan fingerprint density at radius 1 is 1.17 bits per heavy atom. The molecule has 7 heteroatoms. The number of rotatable bonds is 3. The molecule has 0 saturated heterocycles. The Kier molecular flexibility index (Phi) is 4.26. The van der Waals surface area contributed by atoms with Crippen molar-refractivity contribution in [2.75, 3.05) is 5.01 Å². The zero-order valence-electron chi connectivity index (χ0n) is 12.6. The summed E-state index contributed by atoms with van der Waals surface area (Å²) in [7, 11) is 0. The molecule has 2 aromatic carbocycles. The number of para-hydroxylation sites is 1. The second kappa shape index (κ2) is 6.37. The van der Waals surface area contributed by atoms with Gasteiger partial charge in [-0.2, -0.15) is 10.1 Å². The van der Waals surface area contributed by atoms with Crippen LogP contribution in [0.2, 0.25) is 0 Å². The predicted octanol–water partition coefficient (Wildman–Crippen LogP) is 4.16. The zero-order valence-corrected chi connectivity index (χ0v) is 14.2. The molecule has 120 valence electrons. The molecule has 0 N–H and O–H groups in total. The zero-order chi connectivity index (χ0) is 17.3. The molecule has 1 aliphatic heterocycles. The lowest BCUT2D eigenvalue weighted by Crippen LogP contribution is -2.21. The fourth-order valence-corrected chi connectivity index (χ4v) is 2.64.